The van der Waals surface area contributed by atoms with Crippen LogP contribution in [0.4, 0.5) is 31.1 Å². The standard InChI is InChI=1S/C22H25F3N2O4.C17H17F3N2O2/c1-21(2,3)31-20(29)26-18(13-15-9-11-17(12-10-15)22(23,24)25)19(28)27-30-14-16-7-5-4-6-8-16;18-17(19,20)14-8-6-12(7-9-14)10-15(21)16(23)22-24-11-13-4-2-1-3-5-13/h4-12,18H,13-14H2,1-3H3,(H,26,29)(H,27,28);1-9,15H,10-11,21H2,(H,22,23)/t18-;15-/m00/s1. The van der Waals surface area contributed by atoms with Gasteiger partial charge in [0.1, 0.15) is 11.6 Å². The third-order valence-electron chi connectivity index (χ3n) is 7.31. The first-order valence-corrected chi connectivity index (χ1v) is 16.8. The second-order valence-electron chi connectivity index (χ2n) is 13.1. The molecule has 0 saturated heterocycles. The summed E-state index contributed by atoms with van der Waals surface area (Å²) in [6, 6.07) is 25.2. The molecule has 0 aliphatic heterocycles. The van der Waals surface area contributed by atoms with E-state index in [-0.39, 0.29) is 26.1 Å². The smallest absolute Gasteiger partial charge is 0.416 e. The van der Waals surface area contributed by atoms with Crippen molar-refractivity contribution in [2.24, 2.45) is 5.73 Å². The van der Waals surface area contributed by atoms with Crippen LogP contribution in [0.5, 0.6) is 0 Å². The van der Waals surface area contributed by atoms with E-state index >= 15 is 0 Å². The van der Waals surface area contributed by atoms with Gasteiger partial charge in [-0.25, -0.2) is 15.8 Å². The van der Waals surface area contributed by atoms with Gasteiger partial charge in [0.2, 0.25) is 0 Å². The molecule has 0 unspecified atom stereocenters. The van der Waals surface area contributed by atoms with Gasteiger partial charge in [0, 0.05) is 6.42 Å². The normalized spacial score (nSPS) is 12.7. The van der Waals surface area contributed by atoms with Crippen molar-refractivity contribution in [2.45, 2.75) is 76.9 Å². The molecule has 3 amide bonds. The number of nitrogens with two attached hydrogens (primary N) is 1. The molecule has 16 heteroatoms. The van der Waals surface area contributed by atoms with Crippen molar-refractivity contribution in [1.29, 1.82) is 0 Å². The van der Waals surface area contributed by atoms with Crippen LogP contribution in [0.25, 0.3) is 0 Å². The van der Waals surface area contributed by atoms with E-state index in [9.17, 15) is 40.7 Å². The topological polar surface area (TPSA) is 141 Å². The SMILES string of the molecule is CC(C)(C)OC(=O)N[C@@H](Cc1ccc(C(F)(F)F)cc1)C(=O)NOCc1ccccc1.N[C@@H](Cc1ccc(C(F)(F)F)cc1)C(=O)NOCc1ccccc1. The Bertz CT molecular complexity index is 1790. The van der Waals surface area contributed by atoms with E-state index in [0.29, 0.717) is 11.1 Å². The van der Waals surface area contributed by atoms with Gasteiger partial charge in [-0.05, 0) is 73.7 Å². The Morgan fingerprint density at radius 2 is 0.982 bits per heavy atom. The lowest BCUT2D eigenvalue weighted by Crippen LogP contribution is -2.49. The summed E-state index contributed by atoms with van der Waals surface area (Å²) < 4.78 is 80.9. The van der Waals surface area contributed by atoms with Crippen molar-refractivity contribution in [1.82, 2.24) is 16.3 Å². The van der Waals surface area contributed by atoms with Gasteiger partial charge in [-0.1, -0.05) is 84.9 Å². The monoisotopic (exact) mass is 776 g/mol. The summed E-state index contributed by atoms with van der Waals surface area (Å²) >= 11 is 0. The number of benzene rings is 4. The Kier molecular flexibility index (Phi) is 16.2. The van der Waals surface area contributed by atoms with Gasteiger partial charge in [-0.2, -0.15) is 26.3 Å². The van der Waals surface area contributed by atoms with Crippen molar-refractivity contribution in [3.8, 4) is 0 Å². The van der Waals surface area contributed by atoms with Crippen LogP contribution in [0.2, 0.25) is 0 Å². The average Bonchev–Trinajstić information content (AvgIpc) is 3.11. The van der Waals surface area contributed by atoms with Crippen molar-refractivity contribution in [2.75, 3.05) is 0 Å². The molecule has 0 saturated carbocycles. The number of hydrogen-bond donors (Lipinski definition) is 4. The van der Waals surface area contributed by atoms with E-state index in [1.54, 1.807) is 20.8 Å². The van der Waals surface area contributed by atoms with Gasteiger partial charge in [0.25, 0.3) is 11.8 Å². The van der Waals surface area contributed by atoms with Gasteiger partial charge >= 0.3 is 18.4 Å². The lowest BCUT2D eigenvalue weighted by atomic mass is 10.0. The molecule has 4 aromatic rings. The van der Waals surface area contributed by atoms with Crippen LogP contribution in [0.3, 0.4) is 0 Å². The summed E-state index contributed by atoms with van der Waals surface area (Å²) in [6.45, 7) is 5.30. The van der Waals surface area contributed by atoms with E-state index in [1.165, 1.54) is 24.3 Å². The van der Waals surface area contributed by atoms with Crippen LogP contribution in [-0.4, -0.2) is 35.6 Å². The van der Waals surface area contributed by atoms with Crippen molar-refractivity contribution in [3.05, 3.63) is 143 Å². The Labute approximate surface area is 314 Å². The number of halogens is 6. The predicted octanol–water partition coefficient (Wildman–Crippen LogP) is 7.21. The molecule has 0 bridgehead atoms. The number of ether oxygens (including phenoxy) is 1. The van der Waals surface area contributed by atoms with Crippen LogP contribution >= 0.6 is 0 Å². The van der Waals surface area contributed by atoms with E-state index in [1.807, 2.05) is 60.7 Å². The zero-order valence-electron chi connectivity index (χ0n) is 30.2. The predicted molar refractivity (Wildman–Crippen MR) is 190 cm³/mol. The number of rotatable bonds is 13. The summed E-state index contributed by atoms with van der Waals surface area (Å²) in [5.74, 6) is -1.20. The highest BCUT2D eigenvalue weighted by molar-refractivity contribution is 5.85. The summed E-state index contributed by atoms with van der Waals surface area (Å²) in [7, 11) is 0. The number of alkyl carbamates (subject to hydrolysis) is 1. The van der Waals surface area contributed by atoms with Crippen LogP contribution in [0.15, 0.2) is 109 Å². The van der Waals surface area contributed by atoms with E-state index < -0.39 is 59.1 Å². The van der Waals surface area contributed by atoms with Crippen molar-refractivity contribution >= 4 is 17.9 Å². The zero-order chi connectivity index (χ0) is 40.6. The molecule has 4 aromatic carbocycles. The van der Waals surface area contributed by atoms with Gasteiger partial charge in [-0.3, -0.25) is 19.3 Å². The lowest BCUT2D eigenvalue weighted by Gasteiger charge is -2.23. The van der Waals surface area contributed by atoms with E-state index in [4.69, 9.17) is 20.1 Å². The van der Waals surface area contributed by atoms with Gasteiger partial charge in [0.05, 0.1) is 30.4 Å². The second-order valence-corrected chi connectivity index (χ2v) is 13.1. The second kappa shape index (κ2) is 20.3. The third-order valence-corrected chi connectivity index (χ3v) is 7.31. The van der Waals surface area contributed by atoms with E-state index in [0.717, 1.165) is 35.4 Å². The fraction of sp³-hybridized carbons (Fsp3) is 0.308. The Hall–Kier alpha value is -5.45. The fourth-order valence-corrected chi connectivity index (χ4v) is 4.58. The number of nitrogens with one attached hydrogen (secondary N) is 3. The Morgan fingerprint density at radius 1 is 0.582 bits per heavy atom. The number of carbonyl (C=O) groups excluding carboxylic acids is 3. The number of carbonyl (C=O) groups is 3. The molecule has 0 fully saturated rings. The molecular weight excluding hydrogens is 734 g/mol. The highest BCUT2D eigenvalue weighted by Crippen LogP contribution is 2.30. The minimum absolute atomic E-state index is 0.0576. The maximum atomic E-state index is 12.8. The molecule has 0 spiro atoms. The molecule has 0 heterocycles. The molecule has 55 heavy (non-hydrogen) atoms. The quantitative estimate of drug-likeness (QED) is 0.0831. The minimum Gasteiger partial charge on any atom is -0.444 e. The molecule has 5 N–H and O–H groups in total. The number of amides is 3. The Morgan fingerprint density at radius 3 is 1.38 bits per heavy atom. The minimum atomic E-state index is -4.46. The molecule has 0 radical (unpaired) electrons. The van der Waals surface area contributed by atoms with Gasteiger partial charge in [0.15, 0.2) is 0 Å². The van der Waals surface area contributed by atoms with Crippen LogP contribution in [-0.2, 0) is 62.4 Å². The van der Waals surface area contributed by atoms with Gasteiger partial charge in [-0.15, -0.1) is 0 Å². The van der Waals surface area contributed by atoms with Crippen LogP contribution < -0.4 is 22.0 Å². The number of hydrogen-bond acceptors (Lipinski definition) is 7. The van der Waals surface area contributed by atoms with Gasteiger partial charge < -0.3 is 15.8 Å². The number of hydroxylamine groups is 2. The molecule has 0 aliphatic carbocycles. The highest BCUT2D eigenvalue weighted by Gasteiger charge is 2.31. The summed E-state index contributed by atoms with van der Waals surface area (Å²) in [5, 5.41) is 2.44. The third kappa shape index (κ3) is 16.6. The maximum absolute atomic E-state index is 12.8. The molecule has 0 aromatic heterocycles. The average molecular weight is 777 g/mol. The molecule has 10 nitrogen and oxygen atoms in total. The molecule has 0 aliphatic rings. The summed E-state index contributed by atoms with van der Waals surface area (Å²) in [6.07, 6.45) is -9.63. The first kappa shape index (κ1) is 44.0. The highest BCUT2D eigenvalue weighted by atomic mass is 19.4. The first-order chi connectivity index (χ1) is 25.8. The Balaban J connectivity index is 0.000000305. The summed E-state index contributed by atoms with van der Waals surface area (Å²) in [4.78, 5) is 46.8. The zero-order valence-corrected chi connectivity index (χ0v) is 30.2. The number of alkyl halides is 6. The maximum Gasteiger partial charge on any atom is 0.416 e. The summed E-state index contributed by atoms with van der Waals surface area (Å²) in [5.41, 5.74) is 10.6. The van der Waals surface area contributed by atoms with Crippen molar-refractivity contribution in [3.63, 3.8) is 0 Å². The lowest BCUT2D eigenvalue weighted by molar-refractivity contribution is -0.138. The molecule has 2 atom stereocenters. The van der Waals surface area contributed by atoms with Crippen LogP contribution in [0, 0.1) is 0 Å². The van der Waals surface area contributed by atoms with Crippen molar-refractivity contribution < 1.29 is 55.1 Å². The fourth-order valence-electron chi connectivity index (χ4n) is 4.58. The van der Waals surface area contributed by atoms with E-state index in [2.05, 4.69) is 16.3 Å². The molecule has 296 valence electrons. The largest absolute Gasteiger partial charge is 0.444 e. The molecular formula is C39H42F6N4O6. The first-order valence-electron chi connectivity index (χ1n) is 16.8. The van der Waals surface area contributed by atoms with Crippen LogP contribution in [0.1, 0.15) is 54.2 Å². The molecule has 4 rings (SSSR count).